The zero-order valence-electron chi connectivity index (χ0n) is 19.9. The minimum absolute atomic E-state index is 0.159. The molecule has 174 valence electrons. The molecule has 7 nitrogen and oxygen atoms in total. The van der Waals surface area contributed by atoms with Gasteiger partial charge >= 0.3 is 5.69 Å². The lowest BCUT2D eigenvalue weighted by atomic mass is 9.92. The summed E-state index contributed by atoms with van der Waals surface area (Å²) in [6.45, 7) is 5.85. The number of ether oxygens (including phenoxy) is 1. The number of allylic oxidation sites excluding steroid dienone is 1. The summed E-state index contributed by atoms with van der Waals surface area (Å²) >= 11 is 0. The van der Waals surface area contributed by atoms with Gasteiger partial charge < -0.3 is 14.2 Å². The number of hydrogen-bond acceptors (Lipinski definition) is 5. The first-order chi connectivity index (χ1) is 16.5. The normalized spacial score (nSPS) is 14.9. The van der Waals surface area contributed by atoms with Crippen molar-refractivity contribution >= 4 is 6.08 Å². The van der Waals surface area contributed by atoms with Crippen LogP contribution in [0.15, 0.2) is 51.9 Å². The third-order valence-corrected chi connectivity index (χ3v) is 6.54. The summed E-state index contributed by atoms with van der Waals surface area (Å²) in [7, 11) is 1.67. The average Bonchev–Trinajstić information content (AvgIpc) is 3.37. The smallest absolute Gasteiger partial charge is 0.327 e. The Hall–Kier alpha value is -3.87. The third-order valence-electron chi connectivity index (χ3n) is 6.54. The van der Waals surface area contributed by atoms with E-state index in [0.717, 1.165) is 70.1 Å². The van der Waals surface area contributed by atoms with Gasteiger partial charge in [0.2, 0.25) is 0 Å². The SMILES string of the molecule is COc1cc2c(cc1-c1c(C)noc1C)CCC/C=C\c1[nH]c(=O)n([C@H](C)c3ccccn3)c1-2. The summed E-state index contributed by atoms with van der Waals surface area (Å²) in [5.74, 6) is 1.47. The van der Waals surface area contributed by atoms with E-state index < -0.39 is 0 Å². The van der Waals surface area contributed by atoms with Crippen LogP contribution in [0.3, 0.4) is 0 Å². The molecular formula is C27H28N4O3. The minimum Gasteiger partial charge on any atom is -0.496 e. The molecule has 0 spiro atoms. The number of pyridine rings is 1. The molecule has 1 N–H and O–H groups in total. The largest absolute Gasteiger partial charge is 0.496 e. The Balaban J connectivity index is 1.79. The van der Waals surface area contributed by atoms with Crippen molar-refractivity contribution in [1.82, 2.24) is 19.7 Å². The fourth-order valence-electron chi connectivity index (χ4n) is 4.88. The highest BCUT2D eigenvalue weighted by Crippen LogP contribution is 2.41. The number of aryl methyl sites for hydroxylation is 3. The number of rotatable bonds is 4. The molecule has 0 aliphatic heterocycles. The Morgan fingerprint density at radius 2 is 2.06 bits per heavy atom. The van der Waals surface area contributed by atoms with Crippen molar-refractivity contribution in [2.45, 2.75) is 46.1 Å². The van der Waals surface area contributed by atoms with Gasteiger partial charge in [0.15, 0.2) is 0 Å². The fraction of sp³-hybridized carbons (Fsp3) is 0.296. The zero-order valence-corrected chi connectivity index (χ0v) is 19.9. The molecule has 0 unspecified atom stereocenters. The molecule has 1 aliphatic rings. The highest BCUT2D eigenvalue weighted by molar-refractivity contribution is 5.82. The van der Waals surface area contributed by atoms with Gasteiger partial charge in [0.25, 0.3) is 0 Å². The summed E-state index contributed by atoms with van der Waals surface area (Å²) in [6.07, 6.45) is 8.70. The number of nitrogens with zero attached hydrogens (tertiary/aromatic N) is 3. The van der Waals surface area contributed by atoms with Crippen molar-refractivity contribution in [1.29, 1.82) is 0 Å². The van der Waals surface area contributed by atoms with Gasteiger partial charge in [-0.2, -0.15) is 0 Å². The molecule has 1 aromatic carbocycles. The van der Waals surface area contributed by atoms with E-state index in [1.807, 2.05) is 51.1 Å². The summed E-state index contributed by atoms with van der Waals surface area (Å²) in [4.78, 5) is 20.8. The molecule has 0 bridgehead atoms. The number of benzene rings is 1. The van der Waals surface area contributed by atoms with Gasteiger partial charge in [-0.15, -0.1) is 0 Å². The first-order valence-electron chi connectivity index (χ1n) is 11.6. The predicted octanol–water partition coefficient (Wildman–Crippen LogP) is 5.48. The van der Waals surface area contributed by atoms with Crippen LogP contribution in [0.4, 0.5) is 0 Å². The zero-order chi connectivity index (χ0) is 23.8. The molecule has 0 saturated carbocycles. The van der Waals surface area contributed by atoms with E-state index in [1.54, 1.807) is 17.9 Å². The maximum atomic E-state index is 13.2. The van der Waals surface area contributed by atoms with Crippen molar-refractivity contribution in [3.05, 3.63) is 81.5 Å². The highest BCUT2D eigenvalue weighted by Gasteiger charge is 2.26. The molecule has 0 fully saturated rings. The van der Waals surface area contributed by atoms with Crippen LogP contribution >= 0.6 is 0 Å². The van der Waals surface area contributed by atoms with Crippen molar-refractivity contribution in [2.75, 3.05) is 7.11 Å². The van der Waals surface area contributed by atoms with Crippen LogP contribution < -0.4 is 10.4 Å². The van der Waals surface area contributed by atoms with Gasteiger partial charge in [-0.3, -0.25) is 9.55 Å². The quantitative estimate of drug-likeness (QED) is 0.440. The lowest BCUT2D eigenvalue weighted by Gasteiger charge is -2.20. The van der Waals surface area contributed by atoms with Crippen molar-refractivity contribution < 1.29 is 9.26 Å². The molecule has 0 amide bonds. The van der Waals surface area contributed by atoms with E-state index in [1.165, 1.54) is 0 Å². The molecule has 3 heterocycles. The van der Waals surface area contributed by atoms with Gasteiger partial charge in [0.1, 0.15) is 11.5 Å². The number of aromatic amines is 1. The Kier molecular flexibility index (Phi) is 5.69. The van der Waals surface area contributed by atoms with Crippen LogP contribution in [0.5, 0.6) is 5.75 Å². The Labute approximate surface area is 198 Å². The van der Waals surface area contributed by atoms with Gasteiger partial charge in [-0.1, -0.05) is 17.3 Å². The van der Waals surface area contributed by atoms with Crippen LogP contribution in [-0.2, 0) is 6.42 Å². The molecular weight excluding hydrogens is 428 g/mol. The third kappa shape index (κ3) is 3.67. The van der Waals surface area contributed by atoms with E-state index in [-0.39, 0.29) is 11.7 Å². The molecule has 5 rings (SSSR count). The Bertz CT molecular complexity index is 1410. The summed E-state index contributed by atoms with van der Waals surface area (Å²) < 4.78 is 13.1. The molecule has 34 heavy (non-hydrogen) atoms. The first kappa shape index (κ1) is 21.9. The number of imidazole rings is 1. The van der Waals surface area contributed by atoms with E-state index in [4.69, 9.17) is 9.26 Å². The van der Waals surface area contributed by atoms with Crippen molar-refractivity contribution in [3.63, 3.8) is 0 Å². The average molecular weight is 457 g/mol. The van der Waals surface area contributed by atoms with Gasteiger partial charge in [0, 0.05) is 17.3 Å². The van der Waals surface area contributed by atoms with Crippen molar-refractivity contribution in [3.8, 4) is 28.1 Å². The topological polar surface area (TPSA) is 85.9 Å². The molecule has 7 heteroatoms. The van der Waals surface area contributed by atoms with Crippen LogP contribution in [0.25, 0.3) is 28.5 Å². The summed E-state index contributed by atoms with van der Waals surface area (Å²) in [5, 5.41) is 4.14. The second-order valence-electron chi connectivity index (χ2n) is 8.70. The fourth-order valence-corrected chi connectivity index (χ4v) is 4.88. The number of hydrogen-bond donors (Lipinski definition) is 1. The summed E-state index contributed by atoms with van der Waals surface area (Å²) in [5.41, 5.74) is 7.17. The van der Waals surface area contributed by atoms with E-state index in [9.17, 15) is 4.79 Å². The maximum absolute atomic E-state index is 13.2. The molecule has 4 aromatic rings. The lowest BCUT2D eigenvalue weighted by molar-refractivity contribution is 0.393. The second kappa shape index (κ2) is 8.82. The molecule has 1 aliphatic carbocycles. The minimum atomic E-state index is -0.246. The van der Waals surface area contributed by atoms with Crippen LogP contribution in [0.2, 0.25) is 0 Å². The van der Waals surface area contributed by atoms with Gasteiger partial charge in [-0.05, 0) is 75.9 Å². The first-order valence-corrected chi connectivity index (χ1v) is 11.6. The van der Waals surface area contributed by atoms with E-state index >= 15 is 0 Å². The Morgan fingerprint density at radius 1 is 1.21 bits per heavy atom. The molecule has 3 aromatic heterocycles. The monoisotopic (exact) mass is 456 g/mol. The number of H-pyrrole nitrogens is 1. The predicted molar refractivity (Wildman–Crippen MR) is 132 cm³/mol. The standard InChI is InChI=1S/C27H28N4O3/c1-16-25(18(3)34-30-16)21-14-19-10-6-5-7-12-23-26(20(19)15-24(21)33-4)31(27(32)29-23)17(2)22-11-8-9-13-28-22/h7-9,11-15,17H,5-6,10H2,1-4H3,(H,29,32)/b12-7-/t17-/m1/s1. The molecule has 1 atom stereocenters. The number of methoxy groups -OCH3 is 1. The number of aromatic nitrogens is 4. The molecule has 0 radical (unpaired) electrons. The van der Waals surface area contributed by atoms with Crippen LogP contribution in [0, 0.1) is 13.8 Å². The van der Waals surface area contributed by atoms with Crippen LogP contribution in [0.1, 0.15) is 54.2 Å². The molecule has 0 saturated heterocycles. The summed E-state index contributed by atoms with van der Waals surface area (Å²) in [6, 6.07) is 9.74. The maximum Gasteiger partial charge on any atom is 0.327 e. The van der Waals surface area contributed by atoms with Crippen LogP contribution in [-0.4, -0.2) is 26.8 Å². The van der Waals surface area contributed by atoms with E-state index in [2.05, 4.69) is 27.3 Å². The van der Waals surface area contributed by atoms with E-state index in [0.29, 0.717) is 5.75 Å². The van der Waals surface area contributed by atoms with Gasteiger partial charge in [-0.25, -0.2) is 4.79 Å². The van der Waals surface area contributed by atoms with Crippen molar-refractivity contribution in [2.24, 2.45) is 0 Å². The highest BCUT2D eigenvalue weighted by atomic mass is 16.5. The number of fused-ring (bicyclic) bond motifs is 3. The second-order valence-corrected chi connectivity index (χ2v) is 8.70. The lowest BCUT2D eigenvalue weighted by Crippen LogP contribution is -2.23. The Morgan fingerprint density at radius 3 is 2.76 bits per heavy atom. The van der Waals surface area contributed by atoms with Gasteiger partial charge in [0.05, 0.1) is 41.5 Å². The number of nitrogens with one attached hydrogen (secondary N) is 1.